The smallest absolute Gasteiger partial charge is 0.192 e. The zero-order chi connectivity index (χ0) is 20.4. The maximum absolute atomic E-state index is 13.8. The first-order valence-electron chi connectivity index (χ1n) is 11.3. The number of hydrogen-bond acceptors (Lipinski definition) is 2. The van der Waals surface area contributed by atoms with Crippen LogP contribution in [0.5, 0.6) is 0 Å². The first-order chi connectivity index (χ1) is 13.1. The van der Waals surface area contributed by atoms with E-state index in [9.17, 15) is 4.79 Å². The van der Waals surface area contributed by atoms with Crippen LogP contribution >= 0.6 is 0 Å². The van der Waals surface area contributed by atoms with E-state index in [0.717, 1.165) is 25.7 Å². The average Bonchev–Trinajstić information content (AvgIpc) is 3.39. The molecule has 0 saturated heterocycles. The van der Waals surface area contributed by atoms with Crippen LogP contribution in [0, 0.1) is 17.3 Å². The fourth-order valence-corrected chi connectivity index (χ4v) is 7.76. The Hall–Kier alpha value is -0.933. The Morgan fingerprint density at radius 3 is 2.21 bits per heavy atom. The van der Waals surface area contributed by atoms with Crippen LogP contribution in [0.15, 0.2) is 30.3 Å². The maximum atomic E-state index is 13.8. The predicted octanol–water partition coefficient (Wildman–Crippen LogP) is 6.50. The molecule has 3 fully saturated rings. The highest BCUT2D eigenvalue weighted by Crippen LogP contribution is 2.73. The first kappa shape index (κ1) is 20.3. The molecule has 3 aliphatic rings. The molecule has 1 aromatic rings. The predicted molar refractivity (Wildman–Crippen MR) is 118 cm³/mol. The van der Waals surface area contributed by atoms with Gasteiger partial charge in [-0.2, -0.15) is 0 Å². The van der Waals surface area contributed by atoms with E-state index >= 15 is 0 Å². The summed E-state index contributed by atoms with van der Waals surface area (Å²) in [7, 11) is -1.80. The molecular weight excluding hydrogens is 360 g/mol. The van der Waals surface area contributed by atoms with E-state index in [0.29, 0.717) is 17.8 Å². The molecule has 2 nitrogen and oxygen atoms in total. The fourth-order valence-electron chi connectivity index (χ4n) is 6.34. The minimum absolute atomic E-state index is 0.189. The summed E-state index contributed by atoms with van der Waals surface area (Å²) in [5, 5.41) is 0.228. The van der Waals surface area contributed by atoms with Crippen molar-refractivity contribution in [2.75, 3.05) is 0 Å². The lowest BCUT2D eigenvalue weighted by atomic mass is 9.62. The molecular formula is C25H38O2Si. The molecule has 3 heteroatoms. The Kier molecular flexibility index (Phi) is 4.75. The van der Waals surface area contributed by atoms with Gasteiger partial charge in [-0.25, -0.2) is 0 Å². The molecule has 1 spiro atoms. The molecule has 3 saturated carbocycles. The molecule has 2 bridgehead atoms. The van der Waals surface area contributed by atoms with Crippen LogP contribution < -0.4 is 0 Å². The van der Waals surface area contributed by atoms with Crippen LogP contribution in [0.1, 0.15) is 71.8 Å². The first-order valence-corrected chi connectivity index (χ1v) is 14.2. The molecule has 0 N–H and O–H groups in total. The summed E-state index contributed by atoms with van der Waals surface area (Å²) in [5.74, 6) is 1.24. The van der Waals surface area contributed by atoms with Crippen molar-refractivity contribution in [3.8, 4) is 0 Å². The van der Waals surface area contributed by atoms with Crippen LogP contribution in [0.3, 0.4) is 0 Å². The standard InChI is InChI=1S/C25H38O2Si/c1-18-21-13-12-20(27-28(5,6)23(2,3)4)14-15-25(22(18)26,24(21)16-17-24)19-10-8-7-9-11-19/h7-11,18,20-21H,12-17H2,1-6H3/t18?,20?,21-,25-/m0/s1. The molecule has 0 aromatic heterocycles. The quantitative estimate of drug-likeness (QED) is 0.543. The van der Waals surface area contributed by atoms with Crippen LogP contribution in [-0.2, 0) is 14.6 Å². The van der Waals surface area contributed by atoms with E-state index < -0.39 is 8.32 Å². The van der Waals surface area contributed by atoms with Gasteiger partial charge in [-0.3, -0.25) is 4.79 Å². The van der Waals surface area contributed by atoms with E-state index in [4.69, 9.17) is 4.43 Å². The van der Waals surface area contributed by atoms with Gasteiger partial charge in [0.15, 0.2) is 8.32 Å². The number of ketones is 1. The summed E-state index contributed by atoms with van der Waals surface area (Å²) in [5.41, 5.74) is 1.24. The number of benzene rings is 1. The Balaban J connectivity index is 1.69. The molecule has 28 heavy (non-hydrogen) atoms. The van der Waals surface area contributed by atoms with E-state index in [2.05, 4.69) is 71.1 Å². The lowest BCUT2D eigenvalue weighted by molar-refractivity contribution is -0.126. The second kappa shape index (κ2) is 6.53. The summed E-state index contributed by atoms with van der Waals surface area (Å²) < 4.78 is 6.87. The lowest BCUT2D eigenvalue weighted by Gasteiger charge is -2.44. The zero-order valence-electron chi connectivity index (χ0n) is 18.7. The van der Waals surface area contributed by atoms with E-state index in [-0.39, 0.29) is 21.8 Å². The van der Waals surface area contributed by atoms with E-state index in [1.807, 2.05) is 0 Å². The number of hydrogen-bond donors (Lipinski definition) is 0. The average molecular weight is 399 g/mol. The van der Waals surface area contributed by atoms with Crippen molar-refractivity contribution in [3.63, 3.8) is 0 Å². The van der Waals surface area contributed by atoms with E-state index in [1.54, 1.807) is 0 Å². The maximum Gasteiger partial charge on any atom is 0.192 e. The van der Waals surface area contributed by atoms with Crippen LogP contribution in [0.25, 0.3) is 0 Å². The molecule has 0 radical (unpaired) electrons. The summed E-state index contributed by atoms with van der Waals surface area (Å²) >= 11 is 0. The Morgan fingerprint density at radius 2 is 1.64 bits per heavy atom. The van der Waals surface area contributed by atoms with Gasteiger partial charge in [0.05, 0.1) is 5.41 Å². The number of Topliss-reactive ketones (excluding diaryl/α,β-unsaturated/α-hetero) is 1. The summed E-state index contributed by atoms with van der Waals surface area (Å²) in [6.45, 7) is 13.9. The van der Waals surface area contributed by atoms with Crippen LogP contribution in [-0.4, -0.2) is 20.2 Å². The van der Waals surface area contributed by atoms with Crippen molar-refractivity contribution >= 4 is 14.1 Å². The molecule has 154 valence electrons. The highest BCUT2D eigenvalue weighted by molar-refractivity contribution is 6.74. The molecule has 1 aromatic carbocycles. The van der Waals surface area contributed by atoms with E-state index in [1.165, 1.54) is 18.4 Å². The van der Waals surface area contributed by atoms with Gasteiger partial charge in [0.1, 0.15) is 5.78 Å². The number of carbonyl (C=O) groups is 1. The molecule has 3 aliphatic carbocycles. The fraction of sp³-hybridized carbons (Fsp3) is 0.720. The van der Waals surface area contributed by atoms with Gasteiger partial charge in [-0.15, -0.1) is 0 Å². The minimum Gasteiger partial charge on any atom is -0.414 e. The number of rotatable bonds is 3. The molecule has 4 rings (SSSR count). The van der Waals surface area contributed by atoms with Gasteiger partial charge in [0.25, 0.3) is 0 Å². The molecule has 2 unspecified atom stereocenters. The van der Waals surface area contributed by atoms with Gasteiger partial charge in [-0.05, 0) is 73.6 Å². The highest BCUT2D eigenvalue weighted by Gasteiger charge is 2.73. The van der Waals surface area contributed by atoms with Crippen molar-refractivity contribution in [1.29, 1.82) is 0 Å². The molecule has 0 heterocycles. The topological polar surface area (TPSA) is 26.3 Å². The van der Waals surface area contributed by atoms with Crippen LogP contribution in [0.2, 0.25) is 18.1 Å². The Bertz CT molecular complexity index is 744. The van der Waals surface area contributed by atoms with Crippen LogP contribution in [0.4, 0.5) is 0 Å². The third-order valence-corrected chi connectivity index (χ3v) is 13.5. The monoisotopic (exact) mass is 398 g/mol. The zero-order valence-corrected chi connectivity index (χ0v) is 19.7. The third-order valence-electron chi connectivity index (χ3n) is 8.96. The van der Waals surface area contributed by atoms with Crippen molar-refractivity contribution in [2.24, 2.45) is 17.3 Å². The number of carbonyl (C=O) groups excluding carboxylic acids is 1. The lowest BCUT2D eigenvalue weighted by Crippen LogP contribution is -2.46. The van der Waals surface area contributed by atoms with Crippen molar-refractivity contribution in [1.82, 2.24) is 0 Å². The summed E-state index contributed by atoms with van der Waals surface area (Å²) in [6.07, 6.45) is 7.04. The van der Waals surface area contributed by atoms with Crippen molar-refractivity contribution in [2.45, 2.75) is 95.9 Å². The summed E-state index contributed by atoms with van der Waals surface area (Å²) in [6, 6.07) is 10.8. The van der Waals surface area contributed by atoms with Gasteiger partial charge in [-0.1, -0.05) is 58.0 Å². The third kappa shape index (κ3) is 2.80. The minimum atomic E-state index is -1.80. The second-order valence-electron chi connectivity index (χ2n) is 11.3. The normalized spacial score (nSPS) is 34.9. The van der Waals surface area contributed by atoms with Crippen molar-refractivity contribution < 1.29 is 9.22 Å². The summed E-state index contributed by atoms with van der Waals surface area (Å²) in [4.78, 5) is 13.8. The second-order valence-corrected chi connectivity index (χ2v) is 16.1. The largest absolute Gasteiger partial charge is 0.414 e. The molecule has 0 aliphatic heterocycles. The van der Waals surface area contributed by atoms with Crippen molar-refractivity contribution in [3.05, 3.63) is 35.9 Å². The molecule has 0 amide bonds. The van der Waals surface area contributed by atoms with Gasteiger partial charge < -0.3 is 4.43 Å². The SMILES string of the molecule is CC1C(=O)[C@@]2(c3ccccc3)CCC(O[Si](C)(C)C(C)(C)C)CC[C@@H]1C21CC1. The van der Waals surface area contributed by atoms with Gasteiger partial charge in [0, 0.05) is 12.0 Å². The highest BCUT2D eigenvalue weighted by atomic mass is 28.4. The van der Waals surface area contributed by atoms with Gasteiger partial charge in [0.2, 0.25) is 0 Å². The van der Waals surface area contributed by atoms with Gasteiger partial charge >= 0.3 is 0 Å². The Morgan fingerprint density at radius 1 is 1.00 bits per heavy atom. The molecule has 4 atom stereocenters. The Labute approximate surface area is 172 Å².